The van der Waals surface area contributed by atoms with Crippen LogP contribution in [-0.4, -0.2) is 9.97 Å². The van der Waals surface area contributed by atoms with Gasteiger partial charge in [0.1, 0.15) is 12.1 Å². The third kappa shape index (κ3) is 3.08. The maximum Gasteiger partial charge on any atom is 0.188 e. The second-order valence-corrected chi connectivity index (χ2v) is 4.77. The molecular formula is C15H21N4+. The van der Waals surface area contributed by atoms with Crippen LogP contribution in [0, 0.1) is 6.92 Å². The molecule has 2 heterocycles. The summed E-state index contributed by atoms with van der Waals surface area (Å²) < 4.78 is 2.25. The van der Waals surface area contributed by atoms with Crippen LogP contribution < -0.4 is 10.3 Å². The molecule has 0 aliphatic carbocycles. The van der Waals surface area contributed by atoms with Crippen LogP contribution in [0.1, 0.15) is 43.5 Å². The van der Waals surface area contributed by atoms with Gasteiger partial charge in [0.2, 0.25) is 0 Å². The van der Waals surface area contributed by atoms with E-state index in [4.69, 9.17) is 5.73 Å². The average molecular weight is 257 g/mol. The lowest BCUT2D eigenvalue weighted by Gasteiger charge is -2.15. The van der Waals surface area contributed by atoms with Gasteiger partial charge in [-0.05, 0) is 6.42 Å². The van der Waals surface area contributed by atoms with Crippen LogP contribution in [0.5, 0.6) is 0 Å². The largest absolute Gasteiger partial charge is 0.383 e. The topological polar surface area (TPSA) is 55.7 Å². The molecular weight excluding hydrogens is 236 g/mol. The molecule has 0 aliphatic heterocycles. The summed E-state index contributed by atoms with van der Waals surface area (Å²) in [4.78, 5) is 8.24. The van der Waals surface area contributed by atoms with Crippen LogP contribution in [-0.2, 0) is 0 Å². The van der Waals surface area contributed by atoms with E-state index in [9.17, 15) is 0 Å². The minimum absolute atomic E-state index is 0.211. The van der Waals surface area contributed by atoms with Crippen molar-refractivity contribution in [2.75, 3.05) is 5.73 Å². The van der Waals surface area contributed by atoms with Crippen LogP contribution in [0.4, 0.5) is 5.82 Å². The number of aryl methyl sites for hydroxylation is 1. The van der Waals surface area contributed by atoms with Gasteiger partial charge in [0.15, 0.2) is 17.9 Å². The molecule has 100 valence electrons. The summed E-state index contributed by atoms with van der Waals surface area (Å²) in [5.41, 5.74) is 8.24. The van der Waals surface area contributed by atoms with Crippen molar-refractivity contribution in [2.24, 2.45) is 0 Å². The molecule has 2 rings (SSSR count). The van der Waals surface area contributed by atoms with E-state index < -0.39 is 0 Å². The molecule has 19 heavy (non-hydrogen) atoms. The van der Waals surface area contributed by atoms with Gasteiger partial charge < -0.3 is 5.73 Å². The van der Waals surface area contributed by atoms with Crippen molar-refractivity contribution in [3.05, 3.63) is 48.2 Å². The second kappa shape index (κ2) is 6.27. The standard InChI is InChI=1S/C15H21N4/c1-3-4-8-14(13-10-17-11-18-15(13)16)19-9-6-5-7-12(19)2/h5-7,9-11,14H,3-4,8H2,1-2H3,(H2,16,17,18)/q+1. The van der Waals surface area contributed by atoms with E-state index in [0.29, 0.717) is 5.82 Å². The van der Waals surface area contributed by atoms with E-state index in [2.05, 4.69) is 40.6 Å². The number of rotatable bonds is 5. The zero-order chi connectivity index (χ0) is 13.7. The van der Waals surface area contributed by atoms with Gasteiger partial charge in [-0.1, -0.05) is 19.4 Å². The van der Waals surface area contributed by atoms with Gasteiger partial charge in [-0.25, -0.2) is 9.97 Å². The fourth-order valence-corrected chi connectivity index (χ4v) is 2.34. The van der Waals surface area contributed by atoms with Gasteiger partial charge in [-0.3, -0.25) is 0 Å². The number of nitrogens with two attached hydrogens (primary N) is 1. The summed E-state index contributed by atoms with van der Waals surface area (Å²) in [6.45, 7) is 4.31. The Morgan fingerprint density at radius 2 is 2.21 bits per heavy atom. The Morgan fingerprint density at radius 3 is 2.89 bits per heavy atom. The minimum atomic E-state index is 0.211. The first kappa shape index (κ1) is 13.5. The van der Waals surface area contributed by atoms with Crippen LogP contribution >= 0.6 is 0 Å². The Kier molecular flexibility index (Phi) is 4.44. The van der Waals surface area contributed by atoms with Crippen LogP contribution in [0.3, 0.4) is 0 Å². The molecule has 0 aliphatic rings. The molecule has 1 atom stereocenters. The molecule has 2 aromatic heterocycles. The van der Waals surface area contributed by atoms with Crippen molar-refractivity contribution < 1.29 is 4.57 Å². The summed E-state index contributed by atoms with van der Waals surface area (Å²) in [5.74, 6) is 0.576. The van der Waals surface area contributed by atoms with Crippen molar-refractivity contribution in [2.45, 2.75) is 39.2 Å². The van der Waals surface area contributed by atoms with Crippen molar-refractivity contribution in [3.8, 4) is 0 Å². The SMILES string of the molecule is CCCCC(c1cncnc1N)[n+]1ccccc1C. The molecule has 0 saturated heterocycles. The zero-order valence-electron chi connectivity index (χ0n) is 11.6. The predicted molar refractivity (Wildman–Crippen MR) is 75.5 cm³/mol. The Morgan fingerprint density at radius 1 is 1.37 bits per heavy atom. The fourth-order valence-electron chi connectivity index (χ4n) is 2.34. The van der Waals surface area contributed by atoms with Gasteiger partial charge in [-0.15, -0.1) is 0 Å². The summed E-state index contributed by atoms with van der Waals surface area (Å²) >= 11 is 0. The molecule has 2 N–H and O–H groups in total. The predicted octanol–water partition coefficient (Wildman–Crippen LogP) is 2.43. The van der Waals surface area contributed by atoms with E-state index in [1.165, 1.54) is 12.0 Å². The van der Waals surface area contributed by atoms with Crippen molar-refractivity contribution >= 4 is 5.82 Å². The van der Waals surface area contributed by atoms with Gasteiger partial charge in [0.25, 0.3) is 0 Å². The highest BCUT2D eigenvalue weighted by Gasteiger charge is 2.25. The maximum atomic E-state index is 6.02. The number of hydrogen-bond acceptors (Lipinski definition) is 3. The summed E-state index contributed by atoms with van der Waals surface area (Å²) in [5, 5.41) is 0. The highest BCUT2D eigenvalue weighted by Crippen LogP contribution is 2.22. The number of aromatic nitrogens is 3. The van der Waals surface area contributed by atoms with Crippen LogP contribution in [0.15, 0.2) is 36.9 Å². The Hall–Kier alpha value is -1.97. The minimum Gasteiger partial charge on any atom is -0.383 e. The third-order valence-corrected chi connectivity index (χ3v) is 3.40. The monoisotopic (exact) mass is 257 g/mol. The molecule has 0 saturated carbocycles. The van der Waals surface area contributed by atoms with Crippen LogP contribution in [0.2, 0.25) is 0 Å². The van der Waals surface area contributed by atoms with Crippen molar-refractivity contribution in [1.29, 1.82) is 0 Å². The smallest absolute Gasteiger partial charge is 0.188 e. The average Bonchev–Trinajstić information content (AvgIpc) is 2.42. The number of pyridine rings is 1. The van der Waals surface area contributed by atoms with E-state index in [1.807, 2.05) is 18.3 Å². The number of unbranched alkanes of at least 4 members (excludes halogenated alkanes) is 1. The molecule has 4 heteroatoms. The lowest BCUT2D eigenvalue weighted by atomic mass is 10.0. The summed E-state index contributed by atoms with van der Waals surface area (Å²) in [6, 6.07) is 6.42. The molecule has 2 aromatic rings. The fraction of sp³-hybridized carbons (Fsp3) is 0.400. The summed E-state index contributed by atoms with van der Waals surface area (Å²) in [6.07, 6.45) is 8.79. The molecule has 0 amide bonds. The lowest BCUT2D eigenvalue weighted by molar-refractivity contribution is -0.720. The van der Waals surface area contributed by atoms with Gasteiger partial charge in [0, 0.05) is 31.7 Å². The number of nitrogen functional groups attached to an aromatic ring is 1. The first-order valence-corrected chi connectivity index (χ1v) is 6.76. The van der Waals surface area contributed by atoms with E-state index in [0.717, 1.165) is 24.8 Å². The highest BCUT2D eigenvalue weighted by atomic mass is 15.0. The van der Waals surface area contributed by atoms with Gasteiger partial charge in [-0.2, -0.15) is 4.57 Å². The summed E-state index contributed by atoms with van der Waals surface area (Å²) in [7, 11) is 0. The molecule has 0 spiro atoms. The van der Waals surface area contributed by atoms with Crippen molar-refractivity contribution in [1.82, 2.24) is 9.97 Å². The first-order valence-electron chi connectivity index (χ1n) is 6.76. The molecule has 1 unspecified atom stereocenters. The van der Waals surface area contributed by atoms with E-state index >= 15 is 0 Å². The zero-order valence-corrected chi connectivity index (χ0v) is 11.6. The number of hydrogen-bond donors (Lipinski definition) is 1. The number of nitrogens with zero attached hydrogens (tertiary/aromatic N) is 3. The number of anilines is 1. The Labute approximate surface area is 114 Å². The third-order valence-electron chi connectivity index (χ3n) is 3.40. The second-order valence-electron chi connectivity index (χ2n) is 4.77. The van der Waals surface area contributed by atoms with Gasteiger partial charge >= 0.3 is 0 Å². The molecule has 0 radical (unpaired) electrons. The lowest BCUT2D eigenvalue weighted by Crippen LogP contribution is -2.43. The maximum absolute atomic E-state index is 6.02. The quantitative estimate of drug-likeness (QED) is 0.837. The molecule has 0 aromatic carbocycles. The first-order chi connectivity index (χ1) is 9.24. The Balaban J connectivity index is 2.42. The van der Waals surface area contributed by atoms with E-state index in [-0.39, 0.29) is 6.04 Å². The van der Waals surface area contributed by atoms with Crippen LogP contribution in [0.25, 0.3) is 0 Å². The highest BCUT2D eigenvalue weighted by molar-refractivity contribution is 5.38. The van der Waals surface area contributed by atoms with Crippen molar-refractivity contribution in [3.63, 3.8) is 0 Å². The normalized spacial score (nSPS) is 12.3. The molecule has 0 fully saturated rings. The molecule has 0 bridgehead atoms. The van der Waals surface area contributed by atoms with E-state index in [1.54, 1.807) is 0 Å². The Bertz CT molecular complexity index is 494. The molecule has 4 nitrogen and oxygen atoms in total. The van der Waals surface area contributed by atoms with Gasteiger partial charge in [0.05, 0.1) is 5.56 Å².